The fourth-order valence-corrected chi connectivity index (χ4v) is 3.60. The molecule has 16 heavy (non-hydrogen) atoms. The van der Waals surface area contributed by atoms with Crippen molar-refractivity contribution >= 4 is 0 Å². The molecule has 3 atom stereocenters. The van der Waals surface area contributed by atoms with Crippen LogP contribution in [0.1, 0.15) is 18.1 Å². The summed E-state index contributed by atoms with van der Waals surface area (Å²) in [5.74, 6) is 1.02. The van der Waals surface area contributed by atoms with E-state index in [1.807, 2.05) is 13.0 Å². The summed E-state index contributed by atoms with van der Waals surface area (Å²) in [5, 5.41) is 10.8. The van der Waals surface area contributed by atoms with Gasteiger partial charge in [-0.3, -0.25) is 0 Å². The molecule has 86 valence electrons. The van der Waals surface area contributed by atoms with Crippen LogP contribution < -0.4 is 0 Å². The zero-order valence-corrected chi connectivity index (χ0v) is 9.98. The second kappa shape index (κ2) is 3.31. The first kappa shape index (κ1) is 10.3. The number of rotatable bonds is 0. The van der Waals surface area contributed by atoms with Crippen LogP contribution >= 0.6 is 0 Å². The zero-order chi connectivity index (χ0) is 11.3. The quantitative estimate of drug-likeness (QED) is 0.714. The highest BCUT2D eigenvalue weighted by atomic mass is 16.3. The number of hydrogen-bond donors (Lipinski definition) is 1. The first-order valence-electron chi connectivity index (χ1n) is 6.08. The molecular formula is C14H19NO. The molecule has 1 heterocycles. The Morgan fingerprint density at radius 3 is 2.88 bits per heavy atom. The Morgan fingerprint density at radius 1 is 1.31 bits per heavy atom. The van der Waals surface area contributed by atoms with Crippen molar-refractivity contribution in [3.63, 3.8) is 0 Å². The van der Waals surface area contributed by atoms with Gasteiger partial charge < -0.3 is 10.0 Å². The first-order chi connectivity index (χ1) is 7.59. The molecular weight excluding hydrogens is 198 g/mol. The minimum absolute atomic E-state index is 0.396. The number of nitrogens with zero attached hydrogens (tertiary/aromatic N) is 1. The Kier molecular flexibility index (Phi) is 2.13. The molecule has 0 spiro atoms. The lowest BCUT2D eigenvalue weighted by molar-refractivity contribution is -0.0264. The van der Waals surface area contributed by atoms with Crippen LogP contribution in [-0.4, -0.2) is 30.1 Å². The van der Waals surface area contributed by atoms with Crippen LogP contribution in [0.4, 0.5) is 0 Å². The van der Waals surface area contributed by atoms with Crippen molar-refractivity contribution in [2.75, 3.05) is 20.1 Å². The summed E-state index contributed by atoms with van der Waals surface area (Å²) in [4.78, 5) is 2.34. The zero-order valence-electron chi connectivity index (χ0n) is 9.98. The molecule has 1 fully saturated rings. The highest BCUT2D eigenvalue weighted by Gasteiger charge is 2.47. The van der Waals surface area contributed by atoms with Gasteiger partial charge in [-0.1, -0.05) is 24.3 Å². The van der Waals surface area contributed by atoms with E-state index in [1.165, 1.54) is 5.56 Å². The van der Waals surface area contributed by atoms with Crippen LogP contribution in [0.5, 0.6) is 0 Å². The van der Waals surface area contributed by atoms with Gasteiger partial charge in [-0.05, 0) is 37.4 Å². The molecule has 2 nitrogen and oxygen atoms in total. The maximum Gasteiger partial charge on any atom is 0.0914 e. The highest BCUT2D eigenvalue weighted by Crippen LogP contribution is 2.45. The third-order valence-corrected chi connectivity index (χ3v) is 4.39. The van der Waals surface area contributed by atoms with Crippen molar-refractivity contribution in [2.24, 2.45) is 11.8 Å². The fourth-order valence-electron chi connectivity index (χ4n) is 3.60. The second-order valence-electron chi connectivity index (χ2n) is 5.60. The average molecular weight is 217 g/mol. The predicted molar refractivity (Wildman–Crippen MR) is 64.2 cm³/mol. The third kappa shape index (κ3) is 1.33. The summed E-state index contributed by atoms with van der Waals surface area (Å²) < 4.78 is 0. The summed E-state index contributed by atoms with van der Waals surface area (Å²) in [6.45, 7) is 4.13. The number of aliphatic hydroxyl groups is 1. The lowest BCUT2D eigenvalue weighted by atomic mass is 9.68. The van der Waals surface area contributed by atoms with E-state index < -0.39 is 5.60 Å². The number of fused-ring (bicyclic) bond motifs is 2. The topological polar surface area (TPSA) is 23.5 Å². The Labute approximate surface area is 96.9 Å². The summed E-state index contributed by atoms with van der Waals surface area (Å²) in [5.41, 5.74) is 1.83. The van der Waals surface area contributed by atoms with Gasteiger partial charge in [0.15, 0.2) is 0 Å². The Bertz CT molecular complexity index is 413. The Morgan fingerprint density at radius 2 is 2.06 bits per heavy atom. The standard InChI is InChI=1S/C14H19NO/c1-14(16)12-6-4-3-5-10(12)7-11-8-15(2)9-13(11)14/h3-6,11,13,16H,7-9H2,1-2H3. The van der Waals surface area contributed by atoms with Crippen LogP contribution in [0.3, 0.4) is 0 Å². The monoisotopic (exact) mass is 217 g/mol. The highest BCUT2D eigenvalue weighted by molar-refractivity contribution is 5.36. The van der Waals surface area contributed by atoms with Crippen LogP contribution in [0, 0.1) is 11.8 Å². The predicted octanol–water partition coefficient (Wildman–Crippen LogP) is 1.63. The van der Waals surface area contributed by atoms with E-state index in [0.29, 0.717) is 11.8 Å². The van der Waals surface area contributed by atoms with E-state index >= 15 is 0 Å². The van der Waals surface area contributed by atoms with E-state index in [2.05, 4.69) is 30.1 Å². The second-order valence-corrected chi connectivity index (χ2v) is 5.60. The molecule has 0 bridgehead atoms. The molecule has 1 aliphatic carbocycles. The van der Waals surface area contributed by atoms with Crippen molar-refractivity contribution in [1.82, 2.24) is 4.90 Å². The number of likely N-dealkylation sites (tertiary alicyclic amines) is 1. The third-order valence-electron chi connectivity index (χ3n) is 4.39. The number of benzene rings is 1. The fraction of sp³-hybridized carbons (Fsp3) is 0.571. The molecule has 0 radical (unpaired) electrons. The summed E-state index contributed by atoms with van der Waals surface area (Å²) >= 11 is 0. The van der Waals surface area contributed by atoms with Crippen LogP contribution in [0.25, 0.3) is 0 Å². The lowest BCUT2D eigenvalue weighted by Crippen LogP contribution is -2.41. The van der Waals surface area contributed by atoms with E-state index in [4.69, 9.17) is 0 Å². The maximum absolute atomic E-state index is 10.8. The molecule has 1 aromatic rings. The van der Waals surface area contributed by atoms with Crippen molar-refractivity contribution in [3.8, 4) is 0 Å². The summed E-state index contributed by atoms with van der Waals surface area (Å²) in [6.07, 6.45) is 1.13. The normalized spacial score (nSPS) is 38.2. The van der Waals surface area contributed by atoms with Gasteiger partial charge in [-0.15, -0.1) is 0 Å². The van der Waals surface area contributed by atoms with Crippen LogP contribution in [0.15, 0.2) is 24.3 Å². The largest absolute Gasteiger partial charge is 0.385 e. The Balaban J connectivity index is 2.08. The molecule has 1 N–H and O–H groups in total. The average Bonchev–Trinajstić information content (AvgIpc) is 2.60. The SMILES string of the molecule is CN1CC2Cc3ccccc3C(C)(O)C2C1. The number of hydrogen-bond acceptors (Lipinski definition) is 2. The van der Waals surface area contributed by atoms with Gasteiger partial charge in [0, 0.05) is 19.0 Å². The van der Waals surface area contributed by atoms with Crippen LogP contribution in [0.2, 0.25) is 0 Å². The van der Waals surface area contributed by atoms with Crippen molar-refractivity contribution in [3.05, 3.63) is 35.4 Å². The molecule has 1 saturated heterocycles. The first-order valence-corrected chi connectivity index (χ1v) is 6.08. The van der Waals surface area contributed by atoms with Gasteiger partial charge in [-0.25, -0.2) is 0 Å². The molecule has 0 aromatic heterocycles. The molecule has 0 saturated carbocycles. The molecule has 2 heteroatoms. The molecule has 3 unspecified atom stereocenters. The molecule has 1 aromatic carbocycles. The molecule has 0 amide bonds. The van der Waals surface area contributed by atoms with Gasteiger partial charge in [0.25, 0.3) is 0 Å². The molecule has 3 rings (SSSR count). The van der Waals surface area contributed by atoms with Gasteiger partial charge >= 0.3 is 0 Å². The van der Waals surface area contributed by atoms with Crippen molar-refractivity contribution < 1.29 is 5.11 Å². The summed E-state index contributed by atoms with van der Waals surface area (Å²) in [7, 11) is 2.15. The molecule has 2 aliphatic rings. The van der Waals surface area contributed by atoms with E-state index in [-0.39, 0.29) is 0 Å². The van der Waals surface area contributed by atoms with Gasteiger partial charge in [-0.2, -0.15) is 0 Å². The van der Waals surface area contributed by atoms with E-state index in [9.17, 15) is 5.11 Å². The minimum Gasteiger partial charge on any atom is -0.385 e. The van der Waals surface area contributed by atoms with Gasteiger partial charge in [0.2, 0.25) is 0 Å². The van der Waals surface area contributed by atoms with Crippen LogP contribution in [-0.2, 0) is 12.0 Å². The van der Waals surface area contributed by atoms with Gasteiger partial charge in [0.1, 0.15) is 0 Å². The van der Waals surface area contributed by atoms with Crippen molar-refractivity contribution in [1.29, 1.82) is 0 Å². The van der Waals surface area contributed by atoms with E-state index in [1.54, 1.807) is 0 Å². The summed E-state index contributed by atoms with van der Waals surface area (Å²) in [6, 6.07) is 8.36. The Hall–Kier alpha value is -0.860. The molecule has 1 aliphatic heterocycles. The van der Waals surface area contributed by atoms with Crippen molar-refractivity contribution in [2.45, 2.75) is 18.9 Å². The lowest BCUT2D eigenvalue weighted by Gasteiger charge is -2.40. The maximum atomic E-state index is 10.8. The minimum atomic E-state index is -0.649. The van der Waals surface area contributed by atoms with E-state index in [0.717, 1.165) is 25.1 Å². The van der Waals surface area contributed by atoms with Gasteiger partial charge in [0.05, 0.1) is 5.60 Å². The smallest absolute Gasteiger partial charge is 0.0914 e.